The highest BCUT2D eigenvalue weighted by Crippen LogP contribution is 2.19. The molecule has 0 bridgehead atoms. The summed E-state index contributed by atoms with van der Waals surface area (Å²) in [7, 11) is 0. The van der Waals surface area contributed by atoms with Gasteiger partial charge in [-0.1, -0.05) is 23.7 Å². The van der Waals surface area contributed by atoms with E-state index in [1.165, 1.54) is 12.1 Å². The van der Waals surface area contributed by atoms with Crippen LogP contribution in [0.3, 0.4) is 0 Å². The number of carboxylic acid groups (broad SMARTS) is 1. The first-order valence-corrected chi connectivity index (χ1v) is 6.28. The third kappa shape index (κ3) is 3.81. The van der Waals surface area contributed by atoms with E-state index in [1.54, 1.807) is 36.5 Å². The summed E-state index contributed by atoms with van der Waals surface area (Å²) in [6, 6.07) is 13.3. The van der Waals surface area contributed by atoms with Crippen molar-refractivity contribution >= 4 is 29.5 Å². The number of nitrogens with one attached hydrogen (secondary N) is 1. The molecule has 2 rings (SSSR count). The molecule has 1 N–H and O–H groups in total. The largest absolute Gasteiger partial charge is 0.545 e. The number of benzene rings is 2. The Morgan fingerprint density at radius 2 is 2.00 bits per heavy atom. The number of anilines is 1. The van der Waals surface area contributed by atoms with E-state index in [2.05, 4.69) is 10.5 Å². The molecule has 0 amide bonds. The highest BCUT2D eigenvalue weighted by Gasteiger charge is 2.02. The third-order valence-corrected chi connectivity index (χ3v) is 2.96. The number of hydrazone groups is 1. The summed E-state index contributed by atoms with van der Waals surface area (Å²) < 4.78 is 0. The van der Waals surface area contributed by atoms with Gasteiger partial charge in [0.25, 0.3) is 0 Å². The Hall–Kier alpha value is -2.84. The van der Waals surface area contributed by atoms with Crippen molar-refractivity contribution in [1.29, 1.82) is 5.26 Å². The van der Waals surface area contributed by atoms with Crippen LogP contribution in [0.2, 0.25) is 5.02 Å². The Kier molecular flexibility index (Phi) is 4.54. The molecule has 6 heteroatoms. The van der Waals surface area contributed by atoms with Crippen molar-refractivity contribution in [3.63, 3.8) is 0 Å². The van der Waals surface area contributed by atoms with E-state index in [-0.39, 0.29) is 10.6 Å². The summed E-state index contributed by atoms with van der Waals surface area (Å²) >= 11 is 5.74. The van der Waals surface area contributed by atoms with Crippen LogP contribution in [-0.4, -0.2) is 12.2 Å². The Morgan fingerprint density at radius 3 is 2.62 bits per heavy atom. The minimum atomic E-state index is -1.35. The zero-order chi connectivity index (χ0) is 15.2. The number of halogens is 1. The standard InChI is InChI=1S/C15H10ClN3O2/c16-14-6-5-12(7-13(14)15(20)21)19-18-9-11-3-1-10(8-17)2-4-11/h1-7,9,19H,(H,20,21)/p-1/b18-9-. The van der Waals surface area contributed by atoms with E-state index in [9.17, 15) is 9.90 Å². The zero-order valence-electron chi connectivity index (χ0n) is 10.7. The lowest BCUT2D eigenvalue weighted by atomic mass is 10.2. The second kappa shape index (κ2) is 6.55. The van der Waals surface area contributed by atoms with Gasteiger partial charge in [-0.2, -0.15) is 10.4 Å². The molecular weight excluding hydrogens is 290 g/mol. The third-order valence-electron chi connectivity index (χ3n) is 2.63. The molecule has 0 aliphatic carbocycles. The maximum Gasteiger partial charge on any atom is 0.0991 e. The number of aromatic carboxylic acids is 1. The highest BCUT2D eigenvalue weighted by atomic mass is 35.5. The molecule has 0 fully saturated rings. The number of carbonyl (C=O) groups is 1. The summed E-state index contributed by atoms with van der Waals surface area (Å²) in [4.78, 5) is 10.8. The lowest BCUT2D eigenvalue weighted by Gasteiger charge is -2.07. The fourth-order valence-electron chi connectivity index (χ4n) is 1.58. The fraction of sp³-hybridized carbons (Fsp3) is 0. The van der Waals surface area contributed by atoms with Crippen LogP contribution in [0, 0.1) is 11.3 Å². The van der Waals surface area contributed by atoms with Crippen LogP contribution in [0.5, 0.6) is 0 Å². The first-order chi connectivity index (χ1) is 10.1. The van der Waals surface area contributed by atoms with Gasteiger partial charge in [0.15, 0.2) is 0 Å². The number of hydrogen-bond donors (Lipinski definition) is 1. The maximum atomic E-state index is 10.8. The Morgan fingerprint density at radius 1 is 1.29 bits per heavy atom. The minimum Gasteiger partial charge on any atom is -0.545 e. The summed E-state index contributed by atoms with van der Waals surface area (Å²) in [5.41, 5.74) is 4.44. The van der Waals surface area contributed by atoms with Gasteiger partial charge in [0.1, 0.15) is 0 Å². The maximum absolute atomic E-state index is 10.8. The van der Waals surface area contributed by atoms with Gasteiger partial charge >= 0.3 is 0 Å². The molecule has 0 saturated heterocycles. The zero-order valence-corrected chi connectivity index (χ0v) is 11.5. The van der Waals surface area contributed by atoms with Gasteiger partial charge in [-0.3, -0.25) is 5.43 Å². The van der Waals surface area contributed by atoms with Gasteiger partial charge in [-0.25, -0.2) is 0 Å². The lowest BCUT2D eigenvalue weighted by molar-refractivity contribution is -0.255. The van der Waals surface area contributed by atoms with Crippen LogP contribution in [0.1, 0.15) is 21.5 Å². The summed E-state index contributed by atoms with van der Waals surface area (Å²) in [6.45, 7) is 0. The van der Waals surface area contributed by atoms with Gasteiger partial charge in [0, 0.05) is 10.6 Å². The molecule has 0 spiro atoms. The number of nitrogens with zero attached hydrogens (tertiary/aromatic N) is 2. The number of hydrogen-bond acceptors (Lipinski definition) is 5. The molecule has 0 unspecified atom stereocenters. The van der Waals surface area contributed by atoms with Crippen molar-refractivity contribution in [3.8, 4) is 6.07 Å². The quantitative estimate of drug-likeness (QED) is 0.691. The van der Waals surface area contributed by atoms with Crippen LogP contribution in [0.25, 0.3) is 0 Å². The number of carboxylic acids is 1. The topological polar surface area (TPSA) is 88.3 Å². The second-order valence-electron chi connectivity index (χ2n) is 4.09. The molecule has 0 saturated carbocycles. The summed E-state index contributed by atoms with van der Waals surface area (Å²) in [5.74, 6) is -1.35. The molecule has 5 nitrogen and oxygen atoms in total. The minimum absolute atomic E-state index is 0.102. The molecule has 0 heterocycles. The van der Waals surface area contributed by atoms with Crippen molar-refractivity contribution in [1.82, 2.24) is 0 Å². The monoisotopic (exact) mass is 298 g/mol. The van der Waals surface area contributed by atoms with Crippen molar-refractivity contribution in [2.45, 2.75) is 0 Å². The van der Waals surface area contributed by atoms with Gasteiger partial charge in [-0.05, 0) is 35.9 Å². The predicted molar refractivity (Wildman–Crippen MR) is 78.2 cm³/mol. The second-order valence-corrected chi connectivity index (χ2v) is 4.49. The van der Waals surface area contributed by atoms with E-state index < -0.39 is 5.97 Å². The average Bonchev–Trinajstić information content (AvgIpc) is 2.49. The normalized spacial score (nSPS) is 10.3. The van der Waals surface area contributed by atoms with Crippen molar-refractivity contribution < 1.29 is 9.90 Å². The summed E-state index contributed by atoms with van der Waals surface area (Å²) in [6.07, 6.45) is 1.55. The van der Waals surface area contributed by atoms with Crippen LogP contribution in [-0.2, 0) is 0 Å². The lowest BCUT2D eigenvalue weighted by Crippen LogP contribution is -2.22. The van der Waals surface area contributed by atoms with Crippen LogP contribution >= 0.6 is 11.6 Å². The van der Waals surface area contributed by atoms with Crippen molar-refractivity contribution in [3.05, 3.63) is 64.2 Å². The average molecular weight is 299 g/mol. The van der Waals surface area contributed by atoms with Crippen LogP contribution in [0.15, 0.2) is 47.6 Å². The van der Waals surface area contributed by atoms with E-state index in [0.29, 0.717) is 11.3 Å². The molecule has 2 aromatic carbocycles. The Labute approximate surface area is 126 Å². The molecule has 2 aromatic rings. The van der Waals surface area contributed by atoms with Crippen molar-refractivity contribution in [2.75, 3.05) is 5.43 Å². The fourth-order valence-corrected chi connectivity index (χ4v) is 1.77. The number of nitriles is 1. The van der Waals surface area contributed by atoms with Gasteiger partial charge in [0.2, 0.25) is 0 Å². The Bertz CT molecular complexity index is 734. The number of rotatable bonds is 4. The van der Waals surface area contributed by atoms with Gasteiger partial charge in [-0.15, -0.1) is 0 Å². The molecule has 0 aromatic heterocycles. The van der Waals surface area contributed by atoms with Crippen LogP contribution < -0.4 is 10.5 Å². The smallest absolute Gasteiger partial charge is 0.0991 e. The molecule has 0 atom stereocenters. The predicted octanol–water partition coefficient (Wildman–Crippen LogP) is 2.02. The van der Waals surface area contributed by atoms with E-state index >= 15 is 0 Å². The van der Waals surface area contributed by atoms with E-state index in [4.69, 9.17) is 16.9 Å². The van der Waals surface area contributed by atoms with Gasteiger partial charge in [0.05, 0.1) is 29.5 Å². The van der Waals surface area contributed by atoms with E-state index in [0.717, 1.165) is 5.56 Å². The van der Waals surface area contributed by atoms with E-state index in [1.807, 2.05) is 6.07 Å². The highest BCUT2D eigenvalue weighted by molar-refractivity contribution is 6.33. The summed E-state index contributed by atoms with van der Waals surface area (Å²) in [5, 5.41) is 23.6. The first kappa shape index (κ1) is 14.6. The molecular formula is C15H9ClN3O2-. The molecule has 21 heavy (non-hydrogen) atoms. The van der Waals surface area contributed by atoms with Gasteiger partial charge < -0.3 is 9.90 Å². The molecule has 104 valence electrons. The molecule has 0 aliphatic heterocycles. The molecule has 0 radical (unpaired) electrons. The SMILES string of the molecule is N#Cc1ccc(/C=N\Nc2ccc(Cl)c(C(=O)[O-])c2)cc1. The molecule has 0 aliphatic rings. The number of carbonyl (C=O) groups excluding carboxylic acids is 1. The Balaban J connectivity index is 2.08. The van der Waals surface area contributed by atoms with Crippen LogP contribution in [0.4, 0.5) is 5.69 Å². The first-order valence-electron chi connectivity index (χ1n) is 5.90. The van der Waals surface area contributed by atoms with Crippen molar-refractivity contribution in [2.24, 2.45) is 5.10 Å².